The number of fused-ring (bicyclic) bond motifs is 1. The van der Waals surface area contributed by atoms with Gasteiger partial charge in [0.2, 0.25) is 0 Å². The summed E-state index contributed by atoms with van der Waals surface area (Å²) in [5.41, 5.74) is -1.69. The van der Waals surface area contributed by atoms with E-state index in [4.69, 9.17) is 9.15 Å². The average Bonchev–Trinajstić information content (AvgIpc) is 2.75. The third-order valence-electron chi connectivity index (χ3n) is 5.66. The van der Waals surface area contributed by atoms with Crippen LogP contribution < -0.4 is 10.4 Å². The molecule has 0 amide bonds. The number of unbranched alkanes of at least 4 members (excludes halogenated alkanes) is 13. The molecule has 1 aromatic carbocycles. The minimum atomic E-state index is -4.50. The van der Waals surface area contributed by atoms with Crippen LogP contribution in [0, 0.1) is 0 Å². The van der Waals surface area contributed by atoms with E-state index in [0.29, 0.717) is 6.61 Å². The molecule has 0 unspecified atom stereocenters. The summed E-state index contributed by atoms with van der Waals surface area (Å²) in [6.45, 7) is 2.56. The number of hydrogen-bond donors (Lipinski definition) is 0. The van der Waals surface area contributed by atoms with E-state index in [1.54, 1.807) is 0 Å². The van der Waals surface area contributed by atoms with Crippen LogP contribution in [0.15, 0.2) is 27.4 Å². The van der Waals surface area contributed by atoms with E-state index in [-0.39, 0.29) is 17.0 Å². The molecule has 1 aromatic heterocycles. The number of aromatic nitrogens is 1. The van der Waals surface area contributed by atoms with Crippen molar-refractivity contribution in [3.8, 4) is 6.08 Å². The Balaban J connectivity index is 1.57. The van der Waals surface area contributed by atoms with Crippen molar-refractivity contribution >= 4 is 10.9 Å². The smallest absolute Gasteiger partial charge is 0.416 e. The van der Waals surface area contributed by atoms with Gasteiger partial charge in [0.15, 0.2) is 0 Å². The van der Waals surface area contributed by atoms with Crippen LogP contribution in [-0.4, -0.2) is 11.6 Å². The van der Waals surface area contributed by atoms with Gasteiger partial charge < -0.3 is 9.15 Å². The molecule has 0 aliphatic carbocycles. The van der Waals surface area contributed by atoms with Crippen LogP contribution in [-0.2, 0) is 6.18 Å². The molecule has 7 heteroatoms. The molecule has 0 spiro atoms. The maximum absolute atomic E-state index is 12.9. The molecule has 0 atom stereocenters. The molecule has 0 aliphatic rings. The highest BCUT2D eigenvalue weighted by Crippen LogP contribution is 2.30. The van der Waals surface area contributed by atoms with Crippen LogP contribution in [0.3, 0.4) is 0 Å². The van der Waals surface area contributed by atoms with Crippen LogP contribution in [0.25, 0.3) is 10.9 Å². The van der Waals surface area contributed by atoms with Crippen LogP contribution in [0.4, 0.5) is 13.2 Å². The van der Waals surface area contributed by atoms with Gasteiger partial charge in [0.25, 0.3) is 0 Å². The molecule has 0 aliphatic heterocycles. The van der Waals surface area contributed by atoms with E-state index in [0.717, 1.165) is 37.5 Å². The molecule has 0 radical (unpaired) electrons. The third-order valence-corrected chi connectivity index (χ3v) is 5.66. The minimum Gasteiger partial charge on any atom is -0.450 e. The number of nitrogens with zero attached hydrogens (tertiary/aromatic N) is 1. The molecule has 1 heterocycles. The average molecular weight is 456 g/mol. The van der Waals surface area contributed by atoms with Gasteiger partial charge in [-0.15, -0.1) is 0 Å². The Morgan fingerprint density at radius 1 is 0.844 bits per heavy atom. The van der Waals surface area contributed by atoms with Gasteiger partial charge in [0.05, 0.1) is 23.1 Å². The van der Waals surface area contributed by atoms with E-state index < -0.39 is 17.4 Å². The fraction of sp³-hybridized carbons (Fsp3) is 0.680. The van der Waals surface area contributed by atoms with Crippen molar-refractivity contribution in [3.05, 3.63) is 34.2 Å². The van der Waals surface area contributed by atoms with Crippen molar-refractivity contribution in [2.24, 2.45) is 0 Å². The first-order valence-corrected chi connectivity index (χ1v) is 12.1. The van der Waals surface area contributed by atoms with E-state index in [1.165, 1.54) is 70.6 Å². The summed E-state index contributed by atoms with van der Waals surface area (Å²) in [5.74, 6) is 0. The number of hydrogen-bond acceptors (Lipinski definition) is 4. The normalized spacial score (nSPS) is 11.9. The molecule has 2 rings (SSSR count). The predicted molar refractivity (Wildman–Crippen MR) is 121 cm³/mol. The Morgan fingerprint density at radius 2 is 1.38 bits per heavy atom. The first-order valence-electron chi connectivity index (χ1n) is 12.1. The van der Waals surface area contributed by atoms with Crippen LogP contribution >= 0.6 is 0 Å². The van der Waals surface area contributed by atoms with Gasteiger partial charge in [0.1, 0.15) is 0 Å². The summed E-state index contributed by atoms with van der Waals surface area (Å²) in [6.07, 6.45) is 12.7. The third kappa shape index (κ3) is 9.61. The van der Waals surface area contributed by atoms with Crippen molar-refractivity contribution < 1.29 is 22.3 Å². The Labute approximate surface area is 188 Å². The fourth-order valence-corrected chi connectivity index (χ4v) is 3.75. The van der Waals surface area contributed by atoms with E-state index in [1.807, 2.05) is 0 Å². The van der Waals surface area contributed by atoms with Crippen LogP contribution in [0.1, 0.15) is 102 Å². The maximum Gasteiger partial charge on any atom is 0.416 e. The van der Waals surface area contributed by atoms with Crippen molar-refractivity contribution in [3.63, 3.8) is 0 Å². The van der Waals surface area contributed by atoms with Gasteiger partial charge in [-0.2, -0.15) is 18.2 Å². The lowest BCUT2D eigenvalue weighted by Crippen LogP contribution is -2.09. The maximum atomic E-state index is 12.9. The Bertz CT molecular complexity index is 848. The summed E-state index contributed by atoms with van der Waals surface area (Å²) < 4.78 is 48.9. The van der Waals surface area contributed by atoms with E-state index in [9.17, 15) is 18.0 Å². The SMILES string of the molecule is CCCCCCCCCCCCCCCCOc1nc2cc(C(F)(F)F)ccc2c(=O)o1. The van der Waals surface area contributed by atoms with Gasteiger partial charge in [-0.3, -0.25) is 0 Å². The van der Waals surface area contributed by atoms with E-state index >= 15 is 0 Å². The molecule has 0 saturated carbocycles. The van der Waals surface area contributed by atoms with Crippen LogP contribution in [0.5, 0.6) is 6.08 Å². The summed E-state index contributed by atoms with van der Waals surface area (Å²) in [7, 11) is 0. The monoisotopic (exact) mass is 455 g/mol. The molecule has 0 bridgehead atoms. The molecule has 0 saturated heterocycles. The Kier molecular flexibility index (Phi) is 11.6. The molecule has 0 N–H and O–H groups in total. The summed E-state index contributed by atoms with van der Waals surface area (Å²) in [5, 5.41) is 0.00171. The highest BCUT2D eigenvalue weighted by Gasteiger charge is 2.31. The van der Waals surface area contributed by atoms with Gasteiger partial charge in [-0.1, -0.05) is 90.4 Å². The summed E-state index contributed by atoms with van der Waals surface area (Å²) in [6, 6.07) is 2.76. The summed E-state index contributed by atoms with van der Waals surface area (Å²) in [4.78, 5) is 15.9. The molecular formula is C25H36F3NO3. The molecule has 4 nitrogen and oxygen atoms in total. The van der Waals surface area contributed by atoms with Crippen molar-refractivity contribution in [2.45, 2.75) is 103 Å². The van der Waals surface area contributed by atoms with E-state index in [2.05, 4.69) is 11.9 Å². The second-order valence-corrected chi connectivity index (χ2v) is 8.44. The zero-order valence-electron chi connectivity index (χ0n) is 19.1. The number of rotatable bonds is 16. The van der Waals surface area contributed by atoms with Crippen molar-refractivity contribution in [1.82, 2.24) is 4.98 Å². The largest absolute Gasteiger partial charge is 0.450 e. The Hall–Kier alpha value is -2.05. The molecule has 180 valence electrons. The van der Waals surface area contributed by atoms with Crippen molar-refractivity contribution in [1.29, 1.82) is 0 Å². The first kappa shape index (κ1) is 26.2. The molecular weight excluding hydrogens is 419 g/mol. The standard InChI is InChI=1S/C25H36F3NO3/c1-2-3-4-5-6-7-8-9-10-11-12-13-14-15-18-31-24-29-22-19-20(25(26,27)28)16-17-21(22)23(30)32-24/h16-17,19H,2-15,18H2,1H3. The lowest BCUT2D eigenvalue weighted by atomic mass is 10.0. The number of ether oxygens (including phenoxy) is 1. The number of halogens is 3. The second kappa shape index (κ2) is 14.2. The summed E-state index contributed by atoms with van der Waals surface area (Å²) >= 11 is 0. The fourth-order valence-electron chi connectivity index (χ4n) is 3.75. The highest BCUT2D eigenvalue weighted by atomic mass is 19.4. The predicted octanol–water partition coefficient (Wildman–Crippen LogP) is 8.07. The highest BCUT2D eigenvalue weighted by molar-refractivity contribution is 5.78. The van der Waals surface area contributed by atoms with Gasteiger partial charge in [-0.25, -0.2) is 4.79 Å². The zero-order chi connectivity index (χ0) is 23.2. The first-order chi connectivity index (χ1) is 15.4. The lowest BCUT2D eigenvalue weighted by Gasteiger charge is -2.08. The van der Waals surface area contributed by atoms with Gasteiger partial charge in [-0.05, 0) is 24.6 Å². The quantitative estimate of drug-likeness (QED) is 0.240. The minimum absolute atomic E-state index is 0.00171. The lowest BCUT2D eigenvalue weighted by molar-refractivity contribution is -0.137. The second-order valence-electron chi connectivity index (χ2n) is 8.44. The van der Waals surface area contributed by atoms with Gasteiger partial charge >= 0.3 is 17.9 Å². The number of benzene rings is 1. The molecule has 32 heavy (non-hydrogen) atoms. The van der Waals surface area contributed by atoms with Crippen LogP contribution in [0.2, 0.25) is 0 Å². The number of alkyl halides is 3. The molecule has 2 aromatic rings. The molecule has 0 fully saturated rings. The van der Waals surface area contributed by atoms with Crippen molar-refractivity contribution in [2.75, 3.05) is 6.61 Å². The van der Waals surface area contributed by atoms with Gasteiger partial charge in [0, 0.05) is 0 Å². The zero-order valence-corrected chi connectivity index (χ0v) is 19.1. The Morgan fingerprint density at radius 3 is 1.91 bits per heavy atom. The topological polar surface area (TPSA) is 52.3 Å².